The highest BCUT2D eigenvalue weighted by Crippen LogP contribution is 2.20. The van der Waals surface area contributed by atoms with Gasteiger partial charge in [-0.3, -0.25) is 0 Å². The predicted molar refractivity (Wildman–Crippen MR) is 53.9 cm³/mol. The Morgan fingerprint density at radius 2 is 2.00 bits per heavy atom. The lowest BCUT2D eigenvalue weighted by atomic mass is 10.0. The minimum atomic E-state index is 0. The number of aromatic nitrogens is 2. The van der Waals surface area contributed by atoms with Gasteiger partial charge >= 0.3 is 0 Å². The maximum atomic E-state index is 4.01. The van der Waals surface area contributed by atoms with E-state index in [-0.39, 0.29) is 12.4 Å². The van der Waals surface area contributed by atoms with Crippen molar-refractivity contribution in [2.45, 2.75) is 25.3 Å². The number of piperidine rings is 1. The lowest BCUT2D eigenvalue weighted by Crippen LogP contribution is -2.26. The number of rotatable bonds is 1. The first-order chi connectivity index (χ1) is 5.97. The molecule has 0 unspecified atom stereocenters. The first-order valence-corrected chi connectivity index (χ1v) is 4.45. The molecule has 0 saturated carbocycles. The third-order valence-corrected chi connectivity index (χ3v) is 2.29. The van der Waals surface area contributed by atoms with Crippen molar-refractivity contribution in [2.75, 3.05) is 6.54 Å². The molecule has 1 aromatic heterocycles. The Labute approximate surface area is 84.4 Å². The molecular formula is C9H14ClN3. The van der Waals surface area contributed by atoms with Crippen molar-refractivity contribution in [3.63, 3.8) is 0 Å². The van der Waals surface area contributed by atoms with Crippen molar-refractivity contribution in [3.05, 3.63) is 24.3 Å². The Morgan fingerprint density at radius 3 is 2.62 bits per heavy atom. The molecule has 72 valence electrons. The molecule has 1 atom stereocenters. The van der Waals surface area contributed by atoms with E-state index >= 15 is 0 Å². The highest BCUT2D eigenvalue weighted by molar-refractivity contribution is 5.85. The van der Waals surface area contributed by atoms with Crippen molar-refractivity contribution >= 4 is 12.4 Å². The molecule has 1 fully saturated rings. The van der Waals surface area contributed by atoms with E-state index in [4.69, 9.17) is 0 Å². The van der Waals surface area contributed by atoms with Gasteiger partial charge < -0.3 is 5.32 Å². The zero-order valence-electron chi connectivity index (χ0n) is 7.44. The molecule has 1 saturated heterocycles. The smallest absolute Gasteiger partial charge is 0.115 e. The molecule has 3 nitrogen and oxygen atoms in total. The third-order valence-electron chi connectivity index (χ3n) is 2.29. The van der Waals surface area contributed by atoms with Crippen LogP contribution >= 0.6 is 12.4 Å². The highest BCUT2D eigenvalue weighted by Gasteiger charge is 2.14. The molecule has 1 aliphatic heterocycles. The highest BCUT2D eigenvalue weighted by atomic mass is 35.5. The van der Waals surface area contributed by atoms with Crippen LogP contribution in [0, 0.1) is 0 Å². The second kappa shape index (κ2) is 5.14. The van der Waals surface area contributed by atoms with Gasteiger partial charge in [-0.15, -0.1) is 12.4 Å². The van der Waals surface area contributed by atoms with Crippen LogP contribution in [0.1, 0.15) is 30.9 Å². The largest absolute Gasteiger partial charge is 0.310 e. The van der Waals surface area contributed by atoms with E-state index in [1.807, 2.05) is 12.4 Å². The van der Waals surface area contributed by atoms with E-state index in [0.29, 0.717) is 6.04 Å². The van der Waals surface area contributed by atoms with Gasteiger partial charge in [-0.2, -0.15) is 0 Å². The summed E-state index contributed by atoms with van der Waals surface area (Å²) in [6.45, 7) is 1.12. The zero-order valence-corrected chi connectivity index (χ0v) is 8.26. The Balaban J connectivity index is 0.000000845. The van der Waals surface area contributed by atoms with Gasteiger partial charge in [0.15, 0.2) is 0 Å². The van der Waals surface area contributed by atoms with Crippen LogP contribution in [0.25, 0.3) is 0 Å². The Hall–Kier alpha value is -0.670. The maximum absolute atomic E-state index is 4.01. The standard InChI is InChI=1S/C9H13N3.ClH/c1-2-4-12-9(3-1)8-5-10-7-11-6-8;/h5-7,9,12H,1-4H2;1H/t9-;/m1./s1. The van der Waals surface area contributed by atoms with Gasteiger partial charge in [-0.25, -0.2) is 9.97 Å². The summed E-state index contributed by atoms with van der Waals surface area (Å²) in [5, 5.41) is 3.46. The fraction of sp³-hybridized carbons (Fsp3) is 0.556. The average molecular weight is 200 g/mol. The first kappa shape index (κ1) is 10.4. The topological polar surface area (TPSA) is 37.8 Å². The van der Waals surface area contributed by atoms with E-state index in [1.54, 1.807) is 6.33 Å². The van der Waals surface area contributed by atoms with E-state index in [2.05, 4.69) is 15.3 Å². The van der Waals surface area contributed by atoms with Gasteiger partial charge in [-0.05, 0) is 19.4 Å². The summed E-state index contributed by atoms with van der Waals surface area (Å²) in [4.78, 5) is 8.02. The Bertz CT molecular complexity index is 234. The Morgan fingerprint density at radius 1 is 1.23 bits per heavy atom. The lowest BCUT2D eigenvalue weighted by Gasteiger charge is -2.22. The summed E-state index contributed by atoms with van der Waals surface area (Å²) in [5.74, 6) is 0. The van der Waals surface area contributed by atoms with Crippen molar-refractivity contribution < 1.29 is 0 Å². The summed E-state index contributed by atoms with van der Waals surface area (Å²) in [7, 11) is 0. The van der Waals surface area contributed by atoms with E-state index in [9.17, 15) is 0 Å². The van der Waals surface area contributed by atoms with Gasteiger partial charge in [0, 0.05) is 24.0 Å². The van der Waals surface area contributed by atoms with Crippen LogP contribution in [0.4, 0.5) is 0 Å². The zero-order chi connectivity index (χ0) is 8.23. The maximum Gasteiger partial charge on any atom is 0.115 e. The summed E-state index contributed by atoms with van der Waals surface area (Å²) >= 11 is 0. The molecule has 0 bridgehead atoms. The summed E-state index contributed by atoms with van der Waals surface area (Å²) in [6.07, 6.45) is 9.20. The van der Waals surface area contributed by atoms with Crippen molar-refractivity contribution in [1.82, 2.24) is 15.3 Å². The van der Waals surface area contributed by atoms with Crippen LogP contribution in [0.5, 0.6) is 0 Å². The number of hydrogen-bond acceptors (Lipinski definition) is 3. The van der Waals surface area contributed by atoms with Crippen LogP contribution in [0.2, 0.25) is 0 Å². The minimum absolute atomic E-state index is 0. The second-order valence-corrected chi connectivity index (χ2v) is 3.17. The molecule has 2 rings (SSSR count). The second-order valence-electron chi connectivity index (χ2n) is 3.17. The van der Waals surface area contributed by atoms with Gasteiger partial charge in [0.2, 0.25) is 0 Å². The van der Waals surface area contributed by atoms with Crippen LogP contribution in [-0.2, 0) is 0 Å². The van der Waals surface area contributed by atoms with E-state index in [0.717, 1.165) is 6.54 Å². The molecule has 1 aromatic rings. The summed E-state index contributed by atoms with van der Waals surface area (Å²) in [5.41, 5.74) is 1.22. The minimum Gasteiger partial charge on any atom is -0.310 e. The molecule has 13 heavy (non-hydrogen) atoms. The molecule has 0 spiro atoms. The van der Waals surface area contributed by atoms with Gasteiger partial charge in [0.25, 0.3) is 0 Å². The van der Waals surface area contributed by atoms with Crippen LogP contribution in [-0.4, -0.2) is 16.5 Å². The molecule has 4 heteroatoms. The van der Waals surface area contributed by atoms with Crippen molar-refractivity contribution in [3.8, 4) is 0 Å². The van der Waals surface area contributed by atoms with Crippen molar-refractivity contribution in [2.24, 2.45) is 0 Å². The molecule has 2 heterocycles. The number of nitrogens with zero attached hydrogens (tertiary/aromatic N) is 2. The third kappa shape index (κ3) is 2.64. The Kier molecular flexibility index (Phi) is 4.12. The predicted octanol–water partition coefficient (Wildman–Crippen LogP) is 1.71. The summed E-state index contributed by atoms with van der Waals surface area (Å²) < 4.78 is 0. The lowest BCUT2D eigenvalue weighted by molar-refractivity contribution is 0.410. The van der Waals surface area contributed by atoms with Crippen LogP contribution in [0.3, 0.4) is 0 Å². The quantitative estimate of drug-likeness (QED) is 0.749. The first-order valence-electron chi connectivity index (χ1n) is 4.45. The monoisotopic (exact) mass is 199 g/mol. The normalized spacial score (nSPS) is 22.0. The van der Waals surface area contributed by atoms with Gasteiger partial charge in [-0.1, -0.05) is 6.42 Å². The van der Waals surface area contributed by atoms with Crippen molar-refractivity contribution in [1.29, 1.82) is 0 Å². The van der Waals surface area contributed by atoms with E-state index in [1.165, 1.54) is 24.8 Å². The molecule has 0 radical (unpaired) electrons. The SMILES string of the molecule is Cl.c1ncc([C@H]2CCCCN2)cn1. The number of hydrogen-bond donors (Lipinski definition) is 1. The molecule has 0 aliphatic carbocycles. The molecule has 0 aromatic carbocycles. The van der Waals surface area contributed by atoms with Gasteiger partial charge in [0.1, 0.15) is 6.33 Å². The fourth-order valence-electron chi connectivity index (χ4n) is 1.63. The van der Waals surface area contributed by atoms with E-state index < -0.39 is 0 Å². The molecule has 1 aliphatic rings. The van der Waals surface area contributed by atoms with Crippen LogP contribution in [0.15, 0.2) is 18.7 Å². The van der Waals surface area contributed by atoms with Crippen LogP contribution < -0.4 is 5.32 Å². The molecular weight excluding hydrogens is 186 g/mol. The molecule has 1 N–H and O–H groups in total. The fourth-order valence-corrected chi connectivity index (χ4v) is 1.63. The number of nitrogens with one attached hydrogen (secondary N) is 1. The number of halogens is 1. The molecule has 0 amide bonds. The average Bonchev–Trinajstić information content (AvgIpc) is 2.21. The van der Waals surface area contributed by atoms with Gasteiger partial charge in [0.05, 0.1) is 0 Å². The summed E-state index contributed by atoms with van der Waals surface area (Å²) in [6, 6.07) is 0.486.